The zero-order valence-corrected chi connectivity index (χ0v) is 8.37. The molecule has 0 unspecified atom stereocenters. The molecular formula is C10H16N4. The van der Waals surface area contributed by atoms with E-state index in [2.05, 4.69) is 26.8 Å². The van der Waals surface area contributed by atoms with Gasteiger partial charge in [-0.05, 0) is 6.08 Å². The lowest BCUT2D eigenvalue weighted by molar-refractivity contribution is 0.471. The Morgan fingerprint density at radius 2 is 2.36 bits per heavy atom. The molecule has 0 aromatic carbocycles. The fourth-order valence-electron chi connectivity index (χ4n) is 1.78. The van der Waals surface area contributed by atoms with Crippen LogP contribution in [0.1, 0.15) is 6.42 Å². The van der Waals surface area contributed by atoms with Crippen LogP contribution in [-0.2, 0) is 0 Å². The van der Waals surface area contributed by atoms with Crippen LogP contribution in [0.15, 0.2) is 22.6 Å². The summed E-state index contributed by atoms with van der Waals surface area (Å²) in [5, 5.41) is 3.27. The Morgan fingerprint density at radius 3 is 3.07 bits per heavy atom. The topological polar surface area (TPSA) is 40.0 Å². The van der Waals surface area contributed by atoms with Crippen molar-refractivity contribution in [2.24, 2.45) is 9.98 Å². The first-order valence-corrected chi connectivity index (χ1v) is 5.09. The van der Waals surface area contributed by atoms with Crippen molar-refractivity contribution in [2.45, 2.75) is 6.42 Å². The Hall–Kier alpha value is -1.32. The highest BCUT2D eigenvalue weighted by molar-refractivity contribution is 5.94. The molecule has 2 heterocycles. The van der Waals surface area contributed by atoms with Gasteiger partial charge in [0.1, 0.15) is 5.84 Å². The van der Waals surface area contributed by atoms with Crippen molar-refractivity contribution in [2.75, 3.05) is 32.7 Å². The average molecular weight is 192 g/mol. The number of rotatable bonds is 4. The van der Waals surface area contributed by atoms with Gasteiger partial charge in [0, 0.05) is 26.1 Å². The van der Waals surface area contributed by atoms with Crippen molar-refractivity contribution in [3.63, 3.8) is 0 Å². The first-order chi connectivity index (χ1) is 6.90. The molecule has 0 aromatic heterocycles. The van der Waals surface area contributed by atoms with Crippen LogP contribution in [0.3, 0.4) is 0 Å². The molecule has 0 bridgehead atoms. The molecule has 0 atom stereocenters. The van der Waals surface area contributed by atoms with E-state index in [1.54, 1.807) is 0 Å². The first kappa shape index (κ1) is 9.24. The van der Waals surface area contributed by atoms with Crippen LogP contribution in [0.25, 0.3) is 0 Å². The Balaban J connectivity index is 1.80. The van der Waals surface area contributed by atoms with E-state index in [1.165, 1.54) is 0 Å². The summed E-state index contributed by atoms with van der Waals surface area (Å²) >= 11 is 0. The Bertz CT molecular complexity index is 280. The number of amidine groups is 2. The molecule has 4 heteroatoms. The second-order valence-electron chi connectivity index (χ2n) is 3.44. The van der Waals surface area contributed by atoms with Gasteiger partial charge in [-0.2, -0.15) is 0 Å². The maximum absolute atomic E-state index is 4.36. The van der Waals surface area contributed by atoms with E-state index in [1.807, 2.05) is 6.08 Å². The minimum Gasteiger partial charge on any atom is -0.372 e. The molecule has 2 aliphatic heterocycles. The van der Waals surface area contributed by atoms with Crippen molar-refractivity contribution in [3.05, 3.63) is 12.7 Å². The lowest BCUT2D eigenvalue weighted by atomic mass is 10.3. The van der Waals surface area contributed by atoms with E-state index in [0.29, 0.717) is 0 Å². The van der Waals surface area contributed by atoms with Gasteiger partial charge < -0.3 is 10.2 Å². The maximum atomic E-state index is 4.36. The molecule has 0 aromatic rings. The largest absolute Gasteiger partial charge is 0.372 e. The van der Waals surface area contributed by atoms with Crippen LogP contribution < -0.4 is 5.32 Å². The summed E-state index contributed by atoms with van der Waals surface area (Å²) in [5.41, 5.74) is 0. The molecule has 0 saturated heterocycles. The zero-order chi connectivity index (χ0) is 9.80. The third-order valence-corrected chi connectivity index (χ3v) is 2.51. The molecule has 14 heavy (non-hydrogen) atoms. The number of nitrogens with one attached hydrogen (secondary N) is 1. The van der Waals surface area contributed by atoms with Crippen LogP contribution in [0, 0.1) is 0 Å². The van der Waals surface area contributed by atoms with Gasteiger partial charge in [-0.15, -0.1) is 0 Å². The molecule has 76 valence electrons. The van der Waals surface area contributed by atoms with Crippen molar-refractivity contribution in [1.29, 1.82) is 0 Å². The lowest BCUT2D eigenvalue weighted by Crippen LogP contribution is -2.31. The first-order valence-electron chi connectivity index (χ1n) is 5.09. The average Bonchev–Trinajstić information content (AvgIpc) is 2.85. The number of hydrogen-bond donors (Lipinski definition) is 1. The van der Waals surface area contributed by atoms with E-state index in [9.17, 15) is 0 Å². The van der Waals surface area contributed by atoms with Crippen molar-refractivity contribution >= 4 is 11.7 Å². The Morgan fingerprint density at radius 1 is 1.43 bits per heavy atom. The minimum atomic E-state index is 0.904. The second-order valence-corrected chi connectivity index (χ2v) is 3.44. The SMILES string of the molecule is C=CC1=NCCN1CCC1=NCCN1. The minimum absolute atomic E-state index is 0.904. The summed E-state index contributed by atoms with van der Waals surface area (Å²) < 4.78 is 0. The molecule has 0 saturated carbocycles. The molecule has 0 amide bonds. The monoisotopic (exact) mass is 192 g/mol. The molecular weight excluding hydrogens is 176 g/mol. The van der Waals surface area contributed by atoms with Gasteiger partial charge in [0.05, 0.1) is 18.9 Å². The normalized spacial score (nSPS) is 20.4. The predicted molar refractivity (Wildman–Crippen MR) is 59.0 cm³/mol. The van der Waals surface area contributed by atoms with Crippen LogP contribution in [0.5, 0.6) is 0 Å². The molecule has 1 N–H and O–H groups in total. The summed E-state index contributed by atoms with van der Waals surface area (Å²) in [5.74, 6) is 2.17. The van der Waals surface area contributed by atoms with Crippen molar-refractivity contribution < 1.29 is 0 Å². The highest BCUT2D eigenvalue weighted by Crippen LogP contribution is 2.04. The summed E-state index contributed by atoms with van der Waals surface area (Å²) in [6.07, 6.45) is 2.82. The number of aliphatic imine (C=N–C) groups is 2. The van der Waals surface area contributed by atoms with E-state index >= 15 is 0 Å². The lowest BCUT2D eigenvalue weighted by Gasteiger charge is -2.17. The van der Waals surface area contributed by atoms with Crippen molar-refractivity contribution in [3.8, 4) is 0 Å². The maximum Gasteiger partial charge on any atom is 0.122 e. The Kier molecular flexibility index (Phi) is 2.81. The van der Waals surface area contributed by atoms with E-state index < -0.39 is 0 Å². The van der Waals surface area contributed by atoms with Gasteiger partial charge in [0.15, 0.2) is 0 Å². The fraction of sp³-hybridized carbons (Fsp3) is 0.600. The van der Waals surface area contributed by atoms with Gasteiger partial charge in [-0.1, -0.05) is 6.58 Å². The van der Waals surface area contributed by atoms with Gasteiger partial charge in [0.2, 0.25) is 0 Å². The van der Waals surface area contributed by atoms with Crippen molar-refractivity contribution in [1.82, 2.24) is 10.2 Å². The summed E-state index contributed by atoms with van der Waals surface area (Å²) in [6.45, 7) is 8.60. The molecule has 0 aliphatic carbocycles. The van der Waals surface area contributed by atoms with E-state index in [0.717, 1.165) is 50.8 Å². The highest BCUT2D eigenvalue weighted by atomic mass is 15.2. The third-order valence-electron chi connectivity index (χ3n) is 2.51. The van der Waals surface area contributed by atoms with Gasteiger partial charge >= 0.3 is 0 Å². The highest BCUT2D eigenvalue weighted by Gasteiger charge is 2.14. The van der Waals surface area contributed by atoms with Gasteiger partial charge in [-0.3, -0.25) is 9.98 Å². The van der Waals surface area contributed by atoms with Crippen LogP contribution in [-0.4, -0.2) is 49.3 Å². The zero-order valence-electron chi connectivity index (χ0n) is 8.37. The predicted octanol–water partition coefficient (Wildman–Crippen LogP) is 0.278. The van der Waals surface area contributed by atoms with Gasteiger partial charge in [-0.25, -0.2) is 0 Å². The third kappa shape index (κ3) is 1.95. The standard InChI is InChI=1S/C10H16N4/c1-2-10-13-6-8-14(10)7-3-9-11-4-5-12-9/h2H,1,3-8H2,(H,11,12). The van der Waals surface area contributed by atoms with Crippen LogP contribution >= 0.6 is 0 Å². The molecule has 2 aliphatic rings. The molecule has 0 spiro atoms. The number of hydrogen-bond acceptors (Lipinski definition) is 4. The van der Waals surface area contributed by atoms with E-state index in [4.69, 9.17) is 0 Å². The smallest absolute Gasteiger partial charge is 0.122 e. The van der Waals surface area contributed by atoms with Crippen LogP contribution in [0.4, 0.5) is 0 Å². The summed E-state index contributed by atoms with van der Waals surface area (Å²) in [7, 11) is 0. The quantitative estimate of drug-likeness (QED) is 0.695. The second kappa shape index (κ2) is 4.26. The Labute approximate surface area is 84.4 Å². The summed E-state index contributed by atoms with van der Waals surface area (Å²) in [4.78, 5) is 11.0. The molecule has 4 nitrogen and oxygen atoms in total. The summed E-state index contributed by atoms with van der Waals surface area (Å²) in [6, 6.07) is 0. The van der Waals surface area contributed by atoms with Gasteiger partial charge in [0.25, 0.3) is 0 Å². The molecule has 0 fully saturated rings. The van der Waals surface area contributed by atoms with Crippen LogP contribution in [0.2, 0.25) is 0 Å². The molecule has 0 radical (unpaired) electrons. The fourth-order valence-corrected chi connectivity index (χ4v) is 1.78. The molecule has 2 rings (SSSR count). The number of nitrogens with zero attached hydrogens (tertiary/aromatic N) is 3. The van der Waals surface area contributed by atoms with E-state index in [-0.39, 0.29) is 0 Å².